The minimum absolute atomic E-state index is 0.0307. The summed E-state index contributed by atoms with van der Waals surface area (Å²) in [5, 5.41) is 12.4. The molecule has 2 rings (SSSR count). The maximum Gasteiger partial charge on any atom is 0.181 e. The molecule has 4 nitrogen and oxygen atoms in total. The van der Waals surface area contributed by atoms with E-state index in [1.807, 2.05) is 0 Å². The maximum absolute atomic E-state index is 13.3. The van der Waals surface area contributed by atoms with Crippen LogP contribution in [0.25, 0.3) is 0 Å². The fraction of sp³-hybridized carbons (Fsp3) is 0.571. The molecule has 1 aliphatic rings. The summed E-state index contributed by atoms with van der Waals surface area (Å²) in [6.07, 6.45) is 1.33. The lowest BCUT2D eigenvalue weighted by atomic mass is 10.2. The van der Waals surface area contributed by atoms with Crippen LogP contribution >= 0.6 is 0 Å². The topological polar surface area (TPSA) is 50.7 Å². The molecule has 1 heterocycles. The van der Waals surface area contributed by atoms with Crippen molar-refractivity contribution >= 4 is 5.69 Å². The molecule has 0 spiro atoms. The zero-order valence-electron chi connectivity index (χ0n) is 11.1. The minimum Gasteiger partial charge on any atom is -0.389 e. The van der Waals surface area contributed by atoms with Gasteiger partial charge in [0, 0.05) is 13.2 Å². The molecule has 1 saturated heterocycles. The quantitative estimate of drug-likeness (QED) is 0.804. The van der Waals surface area contributed by atoms with E-state index in [2.05, 4.69) is 5.32 Å². The number of halogens is 2. The van der Waals surface area contributed by atoms with Crippen molar-refractivity contribution in [3.8, 4) is 0 Å². The molecule has 0 saturated carbocycles. The van der Waals surface area contributed by atoms with E-state index in [0.717, 1.165) is 25.5 Å². The SMILES string of the molecule is OC(CNc1cccc(F)c1F)COCC1CCCO1. The Hall–Kier alpha value is -1.24. The smallest absolute Gasteiger partial charge is 0.181 e. The van der Waals surface area contributed by atoms with Gasteiger partial charge in [-0.2, -0.15) is 0 Å². The fourth-order valence-corrected chi connectivity index (χ4v) is 2.04. The van der Waals surface area contributed by atoms with Crippen molar-refractivity contribution < 1.29 is 23.4 Å². The molecular weight excluding hydrogens is 268 g/mol. The summed E-state index contributed by atoms with van der Waals surface area (Å²) >= 11 is 0. The normalized spacial score (nSPS) is 20.1. The number of hydrogen-bond acceptors (Lipinski definition) is 4. The number of nitrogens with one attached hydrogen (secondary N) is 1. The van der Waals surface area contributed by atoms with Gasteiger partial charge in [0.2, 0.25) is 0 Å². The molecule has 20 heavy (non-hydrogen) atoms. The molecule has 0 aromatic heterocycles. The van der Waals surface area contributed by atoms with Crippen LogP contribution in [-0.2, 0) is 9.47 Å². The Balaban J connectivity index is 1.66. The lowest BCUT2D eigenvalue weighted by Crippen LogP contribution is -2.27. The first kappa shape index (κ1) is 15.2. The molecule has 0 aliphatic carbocycles. The summed E-state index contributed by atoms with van der Waals surface area (Å²) in [5.41, 5.74) is 0.0307. The third-order valence-electron chi connectivity index (χ3n) is 3.12. The van der Waals surface area contributed by atoms with Crippen LogP contribution in [0.5, 0.6) is 0 Å². The molecule has 2 N–H and O–H groups in total. The van der Waals surface area contributed by atoms with Gasteiger partial charge >= 0.3 is 0 Å². The van der Waals surface area contributed by atoms with Crippen LogP contribution in [-0.4, -0.2) is 43.7 Å². The predicted molar refractivity (Wildman–Crippen MR) is 70.6 cm³/mol. The second-order valence-electron chi connectivity index (χ2n) is 4.81. The van der Waals surface area contributed by atoms with Crippen molar-refractivity contribution in [3.05, 3.63) is 29.8 Å². The molecule has 0 bridgehead atoms. The van der Waals surface area contributed by atoms with Crippen molar-refractivity contribution in [2.75, 3.05) is 31.7 Å². The van der Waals surface area contributed by atoms with Gasteiger partial charge in [-0.05, 0) is 25.0 Å². The minimum atomic E-state index is -0.944. The molecule has 1 aromatic carbocycles. The summed E-state index contributed by atoms with van der Waals surface area (Å²) in [7, 11) is 0. The average molecular weight is 287 g/mol. The first-order valence-electron chi connectivity index (χ1n) is 6.72. The van der Waals surface area contributed by atoms with E-state index in [4.69, 9.17) is 9.47 Å². The van der Waals surface area contributed by atoms with Gasteiger partial charge in [0.25, 0.3) is 0 Å². The highest BCUT2D eigenvalue weighted by molar-refractivity contribution is 5.44. The second kappa shape index (κ2) is 7.52. The Bertz CT molecular complexity index is 425. The van der Waals surface area contributed by atoms with Gasteiger partial charge in [-0.25, -0.2) is 8.78 Å². The van der Waals surface area contributed by atoms with Crippen molar-refractivity contribution in [1.29, 1.82) is 0 Å². The van der Waals surface area contributed by atoms with Crippen molar-refractivity contribution in [2.24, 2.45) is 0 Å². The number of benzene rings is 1. The van der Waals surface area contributed by atoms with Gasteiger partial charge in [-0.3, -0.25) is 0 Å². The summed E-state index contributed by atoms with van der Waals surface area (Å²) in [4.78, 5) is 0. The van der Waals surface area contributed by atoms with Crippen molar-refractivity contribution in [3.63, 3.8) is 0 Å². The Kier molecular flexibility index (Phi) is 5.70. The highest BCUT2D eigenvalue weighted by Gasteiger charge is 2.16. The third-order valence-corrected chi connectivity index (χ3v) is 3.12. The Morgan fingerprint density at radius 2 is 2.30 bits per heavy atom. The van der Waals surface area contributed by atoms with E-state index in [1.165, 1.54) is 12.1 Å². The molecule has 0 radical (unpaired) electrons. The van der Waals surface area contributed by atoms with Crippen LogP contribution < -0.4 is 5.32 Å². The summed E-state index contributed by atoms with van der Waals surface area (Å²) in [6, 6.07) is 3.86. The molecule has 1 aromatic rings. The lowest BCUT2D eigenvalue weighted by molar-refractivity contribution is -0.0137. The zero-order chi connectivity index (χ0) is 14.4. The van der Waals surface area contributed by atoms with Gasteiger partial charge in [0.05, 0.1) is 31.1 Å². The van der Waals surface area contributed by atoms with E-state index < -0.39 is 17.7 Å². The summed E-state index contributed by atoms with van der Waals surface area (Å²) in [6.45, 7) is 1.43. The van der Waals surface area contributed by atoms with E-state index >= 15 is 0 Å². The molecule has 0 amide bonds. The summed E-state index contributed by atoms with van der Waals surface area (Å²) in [5.74, 6) is -1.86. The number of hydrogen-bond donors (Lipinski definition) is 2. The van der Waals surface area contributed by atoms with Crippen LogP contribution in [0.1, 0.15) is 12.8 Å². The highest BCUT2D eigenvalue weighted by Crippen LogP contribution is 2.16. The monoisotopic (exact) mass is 287 g/mol. The fourth-order valence-electron chi connectivity index (χ4n) is 2.04. The second-order valence-corrected chi connectivity index (χ2v) is 4.81. The third kappa shape index (κ3) is 4.40. The first-order chi connectivity index (χ1) is 9.66. The molecule has 6 heteroatoms. The van der Waals surface area contributed by atoms with Crippen LogP contribution in [0, 0.1) is 11.6 Å². The highest BCUT2D eigenvalue weighted by atomic mass is 19.2. The standard InChI is InChI=1S/C14H19F2NO3/c15-12-4-1-5-13(14(12)16)17-7-10(18)8-19-9-11-3-2-6-20-11/h1,4-5,10-11,17-18H,2-3,6-9H2. The molecule has 1 aliphatic heterocycles. The number of aliphatic hydroxyl groups is 1. The molecular formula is C14H19F2NO3. The van der Waals surface area contributed by atoms with Crippen molar-refractivity contribution in [2.45, 2.75) is 25.0 Å². The van der Waals surface area contributed by atoms with Crippen LogP contribution in [0.4, 0.5) is 14.5 Å². The average Bonchev–Trinajstić information content (AvgIpc) is 2.94. The van der Waals surface area contributed by atoms with E-state index in [9.17, 15) is 13.9 Å². The number of aliphatic hydroxyl groups excluding tert-OH is 1. The van der Waals surface area contributed by atoms with Gasteiger partial charge in [-0.1, -0.05) is 6.07 Å². The Morgan fingerprint density at radius 3 is 3.05 bits per heavy atom. The van der Waals surface area contributed by atoms with Crippen molar-refractivity contribution in [1.82, 2.24) is 0 Å². The Labute approximate surface area is 116 Å². The van der Waals surface area contributed by atoms with Crippen LogP contribution in [0.2, 0.25) is 0 Å². The zero-order valence-corrected chi connectivity index (χ0v) is 11.1. The number of rotatable bonds is 7. The van der Waals surface area contributed by atoms with Crippen LogP contribution in [0.3, 0.4) is 0 Å². The lowest BCUT2D eigenvalue weighted by Gasteiger charge is -2.15. The first-order valence-corrected chi connectivity index (χ1v) is 6.72. The van der Waals surface area contributed by atoms with E-state index in [1.54, 1.807) is 0 Å². The predicted octanol–water partition coefficient (Wildman–Crippen LogP) is 1.93. The van der Waals surface area contributed by atoms with E-state index in [-0.39, 0.29) is 24.9 Å². The van der Waals surface area contributed by atoms with Gasteiger partial charge in [0.15, 0.2) is 11.6 Å². The molecule has 1 fully saturated rings. The number of ether oxygens (including phenoxy) is 2. The van der Waals surface area contributed by atoms with Gasteiger partial charge < -0.3 is 19.9 Å². The van der Waals surface area contributed by atoms with Gasteiger partial charge in [0.1, 0.15) is 0 Å². The molecule has 112 valence electrons. The van der Waals surface area contributed by atoms with Crippen LogP contribution in [0.15, 0.2) is 18.2 Å². The molecule has 2 unspecified atom stereocenters. The summed E-state index contributed by atoms with van der Waals surface area (Å²) < 4.78 is 37.0. The van der Waals surface area contributed by atoms with E-state index in [0.29, 0.717) is 6.61 Å². The molecule has 2 atom stereocenters. The maximum atomic E-state index is 13.3. The number of anilines is 1. The largest absolute Gasteiger partial charge is 0.389 e. The van der Waals surface area contributed by atoms with Gasteiger partial charge in [-0.15, -0.1) is 0 Å². The Morgan fingerprint density at radius 1 is 1.45 bits per heavy atom.